The summed E-state index contributed by atoms with van der Waals surface area (Å²) in [5.74, 6) is -5.91. The maximum atomic E-state index is 13.6. The molecule has 0 aromatic heterocycles. The molecule has 4 rings (SSSR count). The molecule has 1 aromatic carbocycles. The fraction of sp³-hybridized carbons (Fsp3) is 0.440. The van der Waals surface area contributed by atoms with Crippen LogP contribution in [-0.4, -0.2) is 81.2 Å². The first-order chi connectivity index (χ1) is 16.4. The Bertz CT molecular complexity index is 1260. The summed E-state index contributed by atoms with van der Waals surface area (Å²) < 4.78 is 0. The molecule has 4 N–H and O–H groups in total. The summed E-state index contributed by atoms with van der Waals surface area (Å²) in [7, 11) is 4.62. The Hall–Kier alpha value is -3.50. The van der Waals surface area contributed by atoms with Crippen LogP contribution < -0.4 is 0 Å². The molecule has 0 amide bonds. The highest BCUT2D eigenvalue weighted by atomic mass is 16.6. The Kier molecular flexibility index (Phi) is 5.85. The smallest absolute Gasteiger partial charge is 0.209 e. The third-order valence-corrected chi connectivity index (χ3v) is 7.33. The first-order valence-electron chi connectivity index (χ1n) is 11.2. The summed E-state index contributed by atoms with van der Waals surface area (Å²) in [5.41, 5.74) is -1.85. The van der Waals surface area contributed by atoms with Gasteiger partial charge in [0.2, 0.25) is 5.78 Å². The third kappa shape index (κ3) is 3.31. The molecule has 186 valence electrons. The second kappa shape index (κ2) is 8.31. The average Bonchev–Trinajstić information content (AvgIpc) is 2.76. The van der Waals surface area contributed by atoms with E-state index in [4.69, 9.17) is 4.84 Å². The van der Waals surface area contributed by atoms with Crippen molar-refractivity contribution < 1.29 is 39.6 Å². The molecule has 0 unspecified atom stereocenters. The van der Waals surface area contributed by atoms with Gasteiger partial charge in [-0.05, 0) is 64.4 Å². The monoisotopic (exact) mass is 484 g/mol. The molecule has 0 aliphatic heterocycles. The van der Waals surface area contributed by atoms with Gasteiger partial charge in [0.15, 0.2) is 17.2 Å². The van der Waals surface area contributed by atoms with Crippen molar-refractivity contribution in [2.45, 2.75) is 38.3 Å². The Balaban J connectivity index is 1.97. The van der Waals surface area contributed by atoms with E-state index in [-0.39, 0.29) is 29.7 Å². The minimum Gasteiger partial charge on any atom is -0.510 e. The average molecular weight is 485 g/mol. The van der Waals surface area contributed by atoms with Crippen LogP contribution >= 0.6 is 0 Å². The van der Waals surface area contributed by atoms with Crippen molar-refractivity contribution >= 4 is 23.1 Å². The van der Waals surface area contributed by atoms with Crippen LogP contribution in [0, 0.1) is 11.8 Å². The number of rotatable bonds is 4. The van der Waals surface area contributed by atoms with E-state index in [1.807, 2.05) is 0 Å². The van der Waals surface area contributed by atoms with Gasteiger partial charge in [0.1, 0.15) is 30.0 Å². The van der Waals surface area contributed by atoms with Gasteiger partial charge in [-0.15, -0.1) is 0 Å². The van der Waals surface area contributed by atoms with Crippen LogP contribution in [0.25, 0.3) is 0 Å². The van der Waals surface area contributed by atoms with Crippen molar-refractivity contribution in [2.75, 3.05) is 21.2 Å². The van der Waals surface area contributed by atoms with E-state index >= 15 is 0 Å². The number of Topliss-reactive ketones (excluding diaryl/α,β-unsaturated/α-hetero) is 3. The lowest BCUT2D eigenvalue weighted by Crippen LogP contribution is -2.63. The number of phenolic OH excluding ortho intramolecular Hbond substituents is 1. The van der Waals surface area contributed by atoms with E-state index in [0.717, 1.165) is 6.92 Å². The van der Waals surface area contributed by atoms with Crippen molar-refractivity contribution in [3.8, 4) is 5.75 Å². The number of likely N-dealkylation sites (N-methyl/N-ethyl adjacent to an activating group) is 1. The predicted molar refractivity (Wildman–Crippen MR) is 124 cm³/mol. The largest absolute Gasteiger partial charge is 0.510 e. The Morgan fingerprint density at radius 1 is 1.17 bits per heavy atom. The van der Waals surface area contributed by atoms with Gasteiger partial charge < -0.3 is 25.3 Å². The van der Waals surface area contributed by atoms with Crippen LogP contribution in [0.3, 0.4) is 0 Å². The van der Waals surface area contributed by atoms with E-state index in [0.29, 0.717) is 16.8 Å². The van der Waals surface area contributed by atoms with Crippen molar-refractivity contribution in [1.29, 1.82) is 0 Å². The van der Waals surface area contributed by atoms with Gasteiger partial charge in [-0.1, -0.05) is 5.16 Å². The van der Waals surface area contributed by atoms with E-state index in [1.54, 1.807) is 32.0 Å². The molecule has 0 radical (unpaired) electrons. The van der Waals surface area contributed by atoms with Gasteiger partial charge in [0.05, 0.1) is 17.3 Å². The van der Waals surface area contributed by atoms with Crippen LogP contribution in [0.1, 0.15) is 41.8 Å². The Labute approximate surface area is 201 Å². The summed E-state index contributed by atoms with van der Waals surface area (Å²) in [5, 5.41) is 48.3. The molecule has 0 spiro atoms. The van der Waals surface area contributed by atoms with Crippen LogP contribution in [0.4, 0.5) is 0 Å². The SMILES string of the molecule is CO/N=C(/C)c1ccc(O)c2c1C[C@H]1C[C@H]3[C@H](N(C)C)C(O)=C(C(C)=O)C(=O)[C@@]3(O)C(O)=C1C2=O. The number of nitrogens with zero attached hydrogens (tertiary/aromatic N) is 2. The molecule has 3 aliphatic carbocycles. The molecule has 0 saturated carbocycles. The number of carbonyl (C=O) groups excluding carboxylic acids is 3. The number of hydrogen-bond acceptors (Lipinski definition) is 10. The zero-order chi connectivity index (χ0) is 26.0. The number of aromatic hydroxyl groups is 1. The van der Waals surface area contributed by atoms with E-state index in [1.165, 1.54) is 13.2 Å². The molecule has 0 saturated heterocycles. The maximum Gasteiger partial charge on any atom is 0.209 e. The standard InChI is InChI=1S/C25H28N2O8/c1-10(26-35-5)13-6-7-16(29)19-14(13)8-12-9-15-20(27(3)4)22(31)17(11(2)28)23(32)25(15,34)24(33)18(12)21(19)30/h6-7,12,15,20,29,31,33-34H,8-9H2,1-5H3/b26-10-/t12-,15-,20-,25+/m0/s1. The van der Waals surface area contributed by atoms with Gasteiger partial charge in [-0.3, -0.25) is 19.3 Å². The van der Waals surface area contributed by atoms with Gasteiger partial charge in [-0.2, -0.15) is 0 Å². The van der Waals surface area contributed by atoms with Gasteiger partial charge in [0.25, 0.3) is 0 Å². The lowest BCUT2D eigenvalue weighted by molar-refractivity contribution is -0.148. The van der Waals surface area contributed by atoms with Crippen molar-refractivity contribution in [3.63, 3.8) is 0 Å². The number of aliphatic hydroxyl groups is 3. The first-order valence-corrected chi connectivity index (χ1v) is 11.2. The van der Waals surface area contributed by atoms with E-state index in [9.17, 15) is 34.8 Å². The second-order valence-electron chi connectivity index (χ2n) is 9.50. The molecule has 3 aliphatic rings. The summed E-state index contributed by atoms with van der Waals surface area (Å²) >= 11 is 0. The number of allylic oxidation sites excluding steroid dienone is 1. The van der Waals surface area contributed by atoms with Crippen LogP contribution in [0.2, 0.25) is 0 Å². The lowest BCUT2D eigenvalue weighted by atomic mass is 9.58. The van der Waals surface area contributed by atoms with Crippen LogP contribution in [0.5, 0.6) is 5.75 Å². The van der Waals surface area contributed by atoms with E-state index in [2.05, 4.69) is 5.16 Å². The number of fused-ring (bicyclic) bond motifs is 3. The highest BCUT2D eigenvalue weighted by Crippen LogP contribution is 2.52. The number of ketones is 3. The maximum absolute atomic E-state index is 13.6. The third-order valence-electron chi connectivity index (χ3n) is 7.33. The summed E-state index contributed by atoms with van der Waals surface area (Å²) in [4.78, 5) is 45.6. The number of aliphatic hydroxyl groups excluding tert-OH is 2. The molecule has 10 heteroatoms. The fourth-order valence-corrected chi connectivity index (χ4v) is 5.88. The van der Waals surface area contributed by atoms with Gasteiger partial charge in [-0.25, -0.2) is 0 Å². The second-order valence-corrected chi connectivity index (χ2v) is 9.50. The zero-order valence-electron chi connectivity index (χ0n) is 20.1. The summed E-state index contributed by atoms with van der Waals surface area (Å²) in [6.07, 6.45) is 0.256. The molecule has 0 bridgehead atoms. The minimum absolute atomic E-state index is 0.0504. The van der Waals surface area contributed by atoms with E-state index < -0.39 is 57.9 Å². The molecule has 4 atom stereocenters. The molecular formula is C25H28N2O8. The number of benzene rings is 1. The highest BCUT2D eigenvalue weighted by Gasteiger charge is 2.63. The predicted octanol–water partition coefficient (Wildman–Crippen LogP) is 1.59. The number of carbonyl (C=O) groups is 3. The summed E-state index contributed by atoms with van der Waals surface area (Å²) in [6, 6.07) is 1.99. The Morgan fingerprint density at radius 3 is 2.40 bits per heavy atom. The lowest BCUT2D eigenvalue weighted by Gasteiger charge is -2.50. The molecule has 0 heterocycles. The van der Waals surface area contributed by atoms with Crippen molar-refractivity contribution in [3.05, 3.63) is 51.5 Å². The number of hydrogen-bond donors (Lipinski definition) is 4. The van der Waals surface area contributed by atoms with Gasteiger partial charge in [0, 0.05) is 17.1 Å². The normalized spacial score (nSPS) is 28.7. The van der Waals surface area contributed by atoms with Crippen LogP contribution in [0.15, 0.2) is 40.0 Å². The molecule has 1 aromatic rings. The molecule has 35 heavy (non-hydrogen) atoms. The quantitative estimate of drug-likeness (QED) is 0.283. The molecule has 0 fully saturated rings. The van der Waals surface area contributed by atoms with Crippen molar-refractivity contribution in [1.82, 2.24) is 4.90 Å². The number of oxime groups is 1. The Morgan fingerprint density at radius 2 is 1.83 bits per heavy atom. The van der Waals surface area contributed by atoms with Gasteiger partial charge >= 0.3 is 0 Å². The zero-order valence-corrected chi connectivity index (χ0v) is 20.1. The minimum atomic E-state index is -2.58. The topological polar surface area (TPSA) is 157 Å². The summed E-state index contributed by atoms with van der Waals surface area (Å²) in [6.45, 7) is 2.78. The fourth-order valence-electron chi connectivity index (χ4n) is 5.88. The van der Waals surface area contributed by atoms with Crippen molar-refractivity contribution in [2.24, 2.45) is 17.0 Å². The molecular weight excluding hydrogens is 456 g/mol. The van der Waals surface area contributed by atoms with Crippen LogP contribution in [-0.2, 0) is 20.8 Å². The highest BCUT2D eigenvalue weighted by molar-refractivity contribution is 6.25. The molecule has 10 nitrogen and oxygen atoms in total. The number of phenols is 1. The first kappa shape index (κ1) is 24.6.